The number of carbonyl (C=O) groups is 2. The zero-order valence-electron chi connectivity index (χ0n) is 12.8. The van der Waals surface area contributed by atoms with Gasteiger partial charge in [0.05, 0.1) is 12.3 Å². The molecule has 7 nitrogen and oxygen atoms in total. The summed E-state index contributed by atoms with van der Waals surface area (Å²) in [5.74, 6) is -0.328. The van der Waals surface area contributed by atoms with E-state index in [9.17, 15) is 9.59 Å². The molecular weight excluding hydrogens is 284 g/mol. The molecule has 7 heteroatoms. The summed E-state index contributed by atoms with van der Waals surface area (Å²) < 4.78 is 7.90. The summed E-state index contributed by atoms with van der Waals surface area (Å²) in [4.78, 5) is 22.6. The SMILES string of the molecule is Cc1cc(/C=N\N2CC(=O)NC2=O)c(C)n1C[C@@H]1CCCO1. The molecule has 1 aromatic rings. The number of imide groups is 1. The van der Waals surface area contributed by atoms with Gasteiger partial charge < -0.3 is 9.30 Å². The Kier molecular flexibility index (Phi) is 3.98. The fourth-order valence-corrected chi connectivity index (χ4v) is 2.89. The van der Waals surface area contributed by atoms with E-state index in [4.69, 9.17) is 4.74 Å². The molecule has 0 radical (unpaired) electrons. The van der Waals surface area contributed by atoms with Gasteiger partial charge in [0.15, 0.2) is 0 Å². The molecule has 0 unspecified atom stereocenters. The number of aromatic nitrogens is 1. The van der Waals surface area contributed by atoms with Gasteiger partial charge >= 0.3 is 6.03 Å². The van der Waals surface area contributed by atoms with Gasteiger partial charge in [-0.1, -0.05) is 0 Å². The van der Waals surface area contributed by atoms with Gasteiger partial charge in [-0.25, -0.2) is 9.80 Å². The third kappa shape index (κ3) is 2.89. The lowest BCUT2D eigenvalue weighted by molar-refractivity contribution is -0.118. The number of nitrogens with zero attached hydrogens (tertiary/aromatic N) is 3. The zero-order valence-corrected chi connectivity index (χ0v) is 12.8. The number of nitrogens with one attached hydrogen (secondary N) is 1. The Morgan fingerprint density at radius 1 is 1.45 bits per heavy atom. The van der Waals surface area contributed by atoms with E-state index in [0.717, 1.165) is 48.0 Å². The van der Waals surface area contributed by atoms with Gasteiger partial charge in [-0.3, -0.25) is 10.1 Å². The van der Waals surface area contributed by atoms with Crippen molar-refractivity contribution >= 4 is 18.2 Å². The van der Waals surface area contributed by atoms with E-state index >= 15 is 0 Å². The predicted molar refractivity (Wildman–Crippen MR) is 80.7 cm³/mol. The molecule has 1 atom stereocenters. The topological polar surface area (TPSA) is 75.9 Å². The lowest BCUT2D eigenvalue weighted by atomic mass is 10.2. The Balaban J connectivity index is 1.74. The largest absolute Gasteiger partial charge is 0.376 e. The smallest absolute Gasteiger partial charge is 0.344 e. The van der Waals surface area contributed by atoms with Gasteiger partial charge in [-0.05, 0) is 32.8 Å². The Labute approximate surface area is 128 Å². The molecule has 0 spiro atoms. The molecule has 2 fully saturated rings. The Hall–Kier alpha value is -2.15. The minimum absolute atomic E-state index is 0.0238. The van der Waals surface area contributed by atoms with Crippen LogP contribution in [-0.4, -0.2) is 47.0 Å². The van der Waals surface area contributed by atoms with Gasteiger partial charge in [-0.15, -0.1) is 0 Å². The van der Waals surface area contributed by atoms with Crippen molar-refractivity contribution in [1.82, 2.24) is 14.9 Å². The molecule has 3 amide bonds. The highest BCUT2D eigenvalue weighted by molar-refractivity contribution is 6.02. The molecule has 0 aromatic carbocycles. The fraction of sp³-hybridized carbons (Fsp3) is 0.533. The molecule has 1 aromatic heterocycles. The van der Waals surface area contributed by atoms with Crippen LogP contribution in [0, 0.1) is 13.8 Å². The van der Waals surface area contributed by atoms with Crippen molar-refractivity contribution in [3.05, 3.63) is 23.0 Å². The van der Waals surface area contributed by atoms with E-state index in [1.54, 1.807) is 6.21 Å². The molecule has 2 aliphatic heterocycles. The maximum Gasteiger partial charge on any atom is 0.344 e. The monoisotopic (exact) mass is 304 g/mol. The first-order valence-corrected chi connectivity index (χ1v) is 7.48. The van der Waals surface area contributed by atoms with Gasteiger partial charge in [-0.2, -0.15) is 5.10 Å². The second-order valence-electron chi connectivity index (χ2n) is 5.73. The molecule has 3 heterocycles. The van der Waals surface area contributed by atoms with E-state index in [-0.39, 0.29) is 18.6 Å². The van der Waals surface area contributed by atoms with Gasteiger partial charge in [0, 0.05) is 30.1 Å². The molecular formula is C15H20N4O3. The Bertz CT molecular complexity index is 629. The highest BCUT2D eigenvalue weighted by atomic mass is 16.5. The van der Waals surface area contributed by atoms with Crippen molar-refractivity contribution in [2.75, 3.05) is 13.2 Å². The first kappa shape index (κ1) is 14.8. The van der Waals surface area contributed by atoms with E-state index in [2.05, 4.69) is 15.0 Å². The number of hydrogen-bond acceptors (Lipinski definition) is 4. The zero-order chi connectivity index (χ0) is 15.7. The maximum atomic E-state index is 11.5. The molecule has 0 aliphatic carbocycles. The van der Waals surface area contributed by atoms with Crippen molar-refractivity contribution in [2.24, 2.45) is 5.10 Å². The number of amides is 3. The lowest BCUT2D eigenvalue weighted by Gasteiger charge is -2.14. The number of aryl methyl sites for hydroxylation is 1. The van der Waals surface area contributed by atoms with Crippen LogP contribution in [0.25, 0.3) is 0 Å². The number of hydrogen-bond donors (Lipinski definition) is 1. The van der Waals surface area contributed by atoms with Crippen molar-refractivity contribution in [2.45, 2.75) is 39.3 Å². The second kappa shape index (κ2) is 5.92. The molecule has 3 rings (SSSR count). The van der Waals surface area contributed by atoms with Crippen LogP contribution in [0.1, 0.15) is 29.8 Å². The first-order valence-electron chi connectivity index (χ1n) is 7.48. The summed E-state index contributed by atoms with van der Waals surface area (Å²) in [6, 6.07) is 1.55. The predicted octanol–water partition coefficient (Wildman–Crippen LogP) is 1.17. The van der Waals surface area contributed by atoms with Gasteiger partial charge in [0.2, 0.25) is 5.91 Å². The van der Waals surface area contributed by atoms with Crippen LogP contribution in [0.5, 0.6) is 0 Å². The van der Waals surface area contributed by atoms with Crippen LogP contribution in [0.3, 0.4) is 0 Å². The van der Waals surface area contributed by atoms with E-state index < -0.39 is 6.03 Å². The van der Waals surface area contributed by atoms with E-state index in [1.807, 2.05) is 19.9 Å². The summed E-state index contributed by atoms with van der Waals surface area (Å²) in [7, 11) is 0. The summed E-state index contributed by atoms with van der Waals surface area (Å²) in [5.41, 5.74) is 3.17. The highest BCUT2D eigenvalue weighted by Crippen LogP contribution is 2.19. The van der Waals surface area contributed by atoms with Gasteiger partial charge in [0.1, 0.15) is 6.54 Å². The summed E-state index contributed by atoms with van der Waals surface area (Å²) in [6.07, 6.45) is 4.12. The minimum Gasteiger partial charge on any atom is -0.376 e. The lowest BCUT2D eigenvalue weighted by Crippen LogP contribution is -2.24. The van der Waals surface area contributed by atoms with Crippen LogP contribution in [0.4, 0.5) is 4.79 Å². The molecule has 22 heavy (non-hydrogen) atoms. The first-order chi connectivity index (χ1) is 10.5. The number of rotatable bonds is 4. The normalized spacial score (nSPS) is 22.1. The number of carbonyl (C=O) groups excluding carboxylic acids is 2. The second-order valence-corrected chi connectivity index (χ2v) is 5.73. The standard InChI is InChI=1S/C15H20N4O3/c1-10-6-12(7-16-19-9-14(20)17-15(19)21)11(2)18(10)8-13-4-3-5-22-13/h6-7,13H,3-5,8-9H2,1-2H3,(H,17,20,21)/b16-7-/t13-/m0/s1. The summed E-state index contributed by atoms with van der Waals surface area (Å²) >= 11 is 0. The number of hydrazone groups is 1. The van der Waals surface area contributed by atoms with Crippen LogP contribution < -0.4 is 5.32 Å². The molecule has 0 saturated carbocycles. The van der Waals surface area contributed by atoms with Crippen molar-refractivity contribution in [3.8, 4) is 0 Å². The van der Waals surface area contributed by atoms with E-state index in [0.29, 0.717) is 0 Å². The van der Waals surface area contributed by atoms with Crippen LogP contribution in [0.15, 0.2) is 11.2 Å². The Morgan fingerprint density at radius 2 is 2.27 bits per heavy atom. The average Bonchev–Trinajstić information content (AvgIpc) is 3.14. The summed E-state index contributed by atoms with van der Waals surface area (Å²) in [6.45, 7) is 5.73. The number of urea groups is 1. The third-order valence-electron chi connectivity index (χ3n) is 4.13. The van der Waals surface area contributed by atoms with Crippen molar-refractivity contribution in [3.63, 3.8) is 0 Å². The van der Waals surface area contributed by atoms with E-state index in [1.165, 1.54) is 0 Å². The van der Waals surface area contributed by atoms with Crippen LogP contribution in [-0.2, 0) is 16.1 Å². The minimum atomic E-state index is -0.477. The van der Waals surface area contributed by atoms with Crippen molar-refractivity contribution in [1.29, 1.82) is 0 Å². The van der Waals surface area contributed by atoms with Crippen LogP contribution >= 0.6 is 0 Å². The highest BCUT2D eigenvalue weighted by Gasteiger charge is 2.26. The molecule has 118 valence electrons. The quantitative estimate of drug-likeness (QED) is 0.670. The summed E-state index contributed by atoms with van der Waals surface area (Å²) in [5, 5.41) is 7.43. The van der Waals surface area contributed by atoms with Gasteiger partial charge in [0.25, 0.3) is 0 Å². The van der Waals surface area contributed by atoms with Crippen molar-refractivity contribution < 1.29 is 14.3 Å². The third-order valence-corrected chi connectivity index (χ3v) is 4.13. The fourth-order valence-electron chi connectivity index (χ4n) is 2.89. The maximum absolute atomic E-state index is 11.5. The molecule has 2 saturated heterocycles. The molecule has 2 aliphatic rings. The Morgan fingerprint density at radius 3 is 2.91 bits per heavy atom. The average molecular weight is 304 g/mol. The molecule has 0 bridgehead atoms. The van der Waals surface area contributed by atoms with Crippen LogP contribution in [0.2, 0.25) is 0 Å². The number of ether oxygens (including phenoxy) is 1. The molecule has 1 N–H and O–H groups in total.